The highest BCUT2D eigenvalue weighted by molar-refractivity contribution is 8.01. The normalized spacial score (nSPS) is 21.6. The summed E-state index contributed by atoms with van der Waals surface area (Å²) in [6.07, 6.45) is 0. The number of anilines is 1. The first-order valence-electron chi connectivity index (χ1n) is 7.96. The van der Waals surface area contributed by atoms with Crippen LogP contribution >= 0.6 is 23.5 Å². The summed E-state index contributed by atoms with van der Waals surface area (Å²) in [4.78, 5) is 60.9. The monoisotopic (exact) mass is 412 g/mol. The minimum absolute atomic E-state index is 0.210. The van der Waals surface area contributed by atoms with Crippen molar-refractivity contribution in [3.63, 3.8) is 0 Å². The van der Waals surface area contributed by atoms with Crippen molar-refractivity contribution in [1.29, 1.82) is 0 Å². The molecule has 0 saturated carbocycles. The molecule has 14 heteroatoms. The molecule has 2 unspecified atom stereocenters. The van der Waals surface area contributed by atoms with Gasteiger partial charge in [0.05, 0.1) is 0 Å². The Kier molecular flexibility index (Phi) is 5.65. The summed E-state index contributed by atoms with van der Waals surface area (Å²) in [5, 5.41) is 7.87. The lowest BCUT2D eigenvalue weighted by Gasteiger charge is -2.19. The highest BCUT2D eigenvalue weighted by Crippen LogP contribution is 2.27. The highest BCUT2D eigenvalue weighted by Gasteiger charge is 2.33. The van der Waals surface area contributed by atoms with Gasteiger partial charge >= 0.3 is 12.1 Å². The molecule has 3 rings (SSSR count). The quantitative estimate of drug-likeness (QED) is 0.419. The zero-order chi connectivity index (χ0) is 19.6. The Morgan fingerprint density at radius 1 is 0.815 bits per heavy atom. The fourth-order valence-electron chi connectivity index (χ4n) is 2.25. The van der Waals surface area contributed by atoms with Crippen LogP contribution in [0.5, 0.6) is 0 Å². The summed E-state index contributed by atoms with van der Waals surface area (Å²) in [5.74, 6) is -0.618. The minimum Gasteiger partial charge on any atom is -0.341 e. The summed E-state index contributed by atoms with van der Waals surface area (Å²) in [7, 11) is 0. The summed E-state index contributed by atoms with van der Waals surface area (Å²) in [6.45, 7) is 5.14. The van der Waals surface area contributed by atoms with Crippen LogP contribution in [0.3, 0.4) is 0 Å². The van der Waals surface area contributed by atoms with E-state index in [1.54, 1.807) is 0 Å². The molecule has 4 N–H and O–H groups in total. The largest absolute Gasteiger partial charge is 0.341 e. The Bertz CT molecular complexity index is 746. The van der Waals surface area contributed by atoms with Crippen LogP contribution in [-0.2, 0) is 9.59 Å². The molecule has 0 bridgehead atoms. The van der Waals surface area contributed by atoms with E-state index < -0.39 is 34.6 Å². The average Bonchev–Trinajstić information content (AvgIpc) is 3.08. The average molecular weight is 412 g/mol. The maximum absolute atomic E-state index is 11.8. The number of nitrogens with one attached hydrogen (secondary N) is 4. The molecule has 0 aromatic carbocycles. The molecule has 0 spiro atoms. The molecule has 144 valence electrons. The molecule has 2 atom stereocenters. The fourth-order valence-corrected chi connectivity index (χ4v) is 3.94. The zero-order valence-corrected chi connectivity index (χ0v) is 15.9. The van der Waals surface area contributed by atoms with Crippen molar-refractivity contribution in [2.75, 3.05) is 18.0 Å². The fraction of sp³-hybridized carbons (Fsp3) is 0.462. The van der Waals surface area contributed by atoms with E-state index in [4.69, 9.17) is 0 Å². The van der Waals surface area contributed by atoms with Gasteiger partial charge in [0.25, 0.3) is 11.8 Å². The molecule has 12 nitrogen and oxygen atoms in total. The van der Waals surface area contributed by atoms with Crippen molar-refractivity contribution in [2.24, 2.45) is 0 Å². The Labute approximate surface area is 162 Å². The van der Waals surface area contributed by atoms with Crippen molar-refractivity contribution in [3.05, 3.63) is 0 Å². The van der Waals surface area contributed by atoms with Crippen LogP contribution < -0.4 is 26.2 Å². The Morgan fingerprint density at radius 3 is 1.59 bits per heavy atom. The Hall–Kier alpha value is -2.61. The van der Waals surface area contributed by atoms with Crippen LogP contribution in [0.25, 0.3) is 0 Å². The highest BCUT2D eigenvalue weighted by atomic mass is 32.2. The van der Waals surface area contributed by atoms with Crippen molar-refractivity contribution >= 4 is 53.3 Å². The van der Waals surface area contributed by atoms with Gasteiger partial charge in [-0.1, -0.05) is 23.5 Å². The van der Waals surface area contributed by atoms with Crippen molar-refractivity contribution < 1.29 is 19.2 Å². The second-order valence-corrected chi connectivity index (χ2v) is 7.44. The van der Waals surface area contributed by atoms with Gasteiger partial charge in [-0.2, -0.15) is 15.0 Å². The van der Waals surface area contributed by atoms with Gasteiger partial charge in [0.1, 0.15) is 0 Å². The number of urea groups is 2. The molecule has 1 aromatic heterocycles. The predicted molar refractivity (Wildman–Crippen MR) is 96.0 cm³/mol. The van der Waals surface area contributed by atoms with Gasteiger partial charge in [-0.25, -0.2) is 9.59 Å². The maximum Gasteiger partial charge on any atom is 0.322 e. The van der Waals surface area contributed by atoms with Gasteiger partial charge in [0.15, 0.2) is 21.1 Å². The lowest BCUT2D eigenvalue weighted by Crippen LogP contribution is -2.28. The molecule has 2 saturated heterocycles. The van der Waals surface area contributed by atoms with E-state index >= 15 is 0 Å². The third-order valence-corrected chi connectivity index (χ3v) is 5.47. The van der Waals surface area contributed by atoms with Gasteiger partial charge in [0, 0.05) is 13.1 Å². The number of imide groups is 2. The molecular formula is C13H16N8O4S2. The van der Waals surface area contributed by atoms with Crippen molar-refractivity contribution in [1.82, 2.24) is 36.2 Å². The minimum atomic E-state index is -0.864. The predicted octanol–water partition coefficient (Wildman–Crippen LogP) is -0.767. The van der Waals surface area contributed by atoms with Gasteiger partial charge in [0.2, 0.25) is 5.95 Å². The van der Waals surface area contributed by atoms with Crippen LogP contribution in [-0.4, -0.2) is 62.7 Å². The van der Waals surface area contributed by atoms with Crippen LogP contribution in [0.15, 0.2) is 10.3 Å². The summed E-state index contributed by atoms with van der Waals surface area (Å²) < 4.78 is 0. The smallest absolute Gasteiger partial charge is 0.322 e. The summed E-state index contributed by atoms with van der Waals surface area (Å²) in [5.41, 5.74) is 0. The zero-order valence-electron chi connectivity index (χ0n) is 14.3. The summed E-state index contributed by atoms with van der Waals surface area (Å²) in [6, 6.07) is -1.18. The number of amides is 6. The molecule has 2 fully saturated rings. The second kappa shape index (κ2) is 7.96. The molecule has 0 aliphatic carbocycles. The van der Waals surface area contributed by atoms with Gasteiger partial charge in [-0.05, 0) is 13.8 Å². The number of aromatic nitrogens is 3. The first-order valence-corrected chi connectivity index (χ1v) is 9.72. The van der Waals surface area contributed by atoms with Crippen LogP contribution in [0.4, 0.5) is 15.5 Å². The van der Waals surface area contributed by atoms with E-state index in [0.717, 1.165) is 23.5 Å². The van der Waals surface area contributed by atoms with Crippen LogP contribution in [0, 0.1) is 0 Å². The number of rotatable bonds is 7. The molecule has 3 heterocycles. The van der Waals surface area contributed by atoms with Crippen molar-refractivity contribution in [3.8, 4) is 0 Å². The molecule has 0 radical (unpaired) electrons. The van der Waals surface area contributed by atoms with E-state index in [2.05, 4.69) is 36.2 Å². The molecule has 27 heavy (non-hydrogen) atoms. The summed E-state index contributed by atoms with van der Waals surface area (Å²) >= 11 is 1.91. The van der Waals surface area contributed by atoms with E-state index in [-0.39, 0.29) is 10.3 Å². The third-order valence-electron chi connectivity index (χ3n) is 3.55. The third kappa shape index (κ3) is 4.39. The van der Waals surface area contributed by atoms with E-state index in [1.807, 2.05) is 18.7 Å². The lowest BCUT2D eigenvalue weighted by molar-refractivity contribution is -0.119. The number of carbonyl (C=O) groups excluding carboxylic acids is 4. The molecular weight excluding hydrogens is 396 g/mol. The second-order valence-electron chi connectivity index (χ2n) is 5.29. The maximum atomic E-state index is 11.8. The van der Waals surface area contributed by atoms with E-state index in [9.17, 15) is 19.2 Å². The SMILES string of the molecule is CCN(CC)c1nc(SC2NC(=O)NC2=O)nc(SC2NC(=O)NC2=O)n1. The number of nitrogens with zero attached hydrogens (tertiary/aromatic N) is 4. The number of hydrogen-bond acceptors (Lipinski definition) is 10. The molecule has 2 aliphatic rings. The van der Waals surface area contributed by atoms with Gasteiger partial charge in [-0.15, -0.1) is 0 Å². The molecule has 1 aromatic rings. The number of hydrogen-bond donors (Lipinski definition) is 4. The van der Waals surface area contributed by atoms with Gasteiger partial charge in [-0.3, -0.25) is 20.2 Å². The first-order chi connectivity index (χ1) is 12.9. The Morgan fingerprint density at radius 2 is 1.26 bits per heavy atom. The molecule has 6 amide bonds. The van der Waals surface area contributed by atoms with E-state index in [0.29, 0.717) is 19.0 Å². The Balaban J connectivity index is 1.86. The number of thioether (sulfide) groups is 2. The standard InChI is InChI=1S/C13H16N8O4S2/c1-3-21(4-2)9-18-12(26-7-5(22)14-10(24)16-7)20-13(19-9)27-8-6(23)15-11(25)17-8/h7-8H,3-4H2,1-2H3,(H2,14,16,22,24)(H2,15,17,23,25). The van der Waals surface area contributed by atoms with Gasteiger partial charge < -0.3 is 15.5 Å². The first kappa shape index (κ1) is 19.2. The number of carbonyl (C=O) groups is 4. The lowest BCUT2D eigenvalue weighted by atomic mass is 10.5. The van der Waals surface area contributed by atoms with Crippen LogP contribution in [0.2, 0.25) is 0 Å². The molecule has 2 aliphatic heterocycles. The van der Waals surface area contributed by atoms with Crippen LogP contribution in [0.1, 0.15) is 13.8 Å². The van der Waals surface area contributed by atoms with Crippen molar-refractivity contribution in [2.45, 2.75) is 34.9 Å². The topological polar surface area (TPSA) is 158 Å². The van der Waals surface area contributed by atoms with E-state index in [1.165, 1.54) is 0 Å².